The topological polar surface area (TPSA) is 71.1 Å². The molecule has 5 nitrogen and oxygen atoms in total. The van der Waals surface area contributed by atoms with E-state index >= 15 is 0 Å². The summed E-state index contributed by atoms with van der Waals surface area (Å²) < 4.78 is 38.6. The van der Waals surface area contributed by atoms with Crippen LogP contribution in [-0.2, 0) is 0 Å². The normalized spacial score (nSPS) is 25.5. The van der Waals surface area contributed by atoms with Crippen molar-refractivity contribution in [3.05, 3.63) is 28.9 Å². The zero-order valence-electron chi connectivity index (χ0n) is 12.9. The van der Waals surface area contributed by atoms with E-state index in [2.05, 4.69) is 15.6 Å². The van der Waals surface area contributed by atoms with E-state index in [0.717, 1.165) is 36.0 Å². The van der Waals surface area contributed by atoms with Crippen LogP contribution in [0.2, 0.25) is 0 Å². The van der Waals surface area contributed by atoms with Crippen LogP contribution in [0.1, 0.15) is 40.1 Å². The van der Waals surface area contributed by atoms with Gasteiger partial charge in [0.1, 0.15) is 5.69 Å². The molecule has 0 spiro atoms. The van der Waals surface area contributed by atoms with Gasteiger partial charge in [0.2, 0.25) is 0 Å². The molecular formula is C16H14F3N3O2S. The van der Waals surface area contributed by atoms with Crippen molar-refractivity contribution < 1.29 is 22.8 Å². The Morgan fingerprint density at radius 2 is 2.12 bits per heavy atom. The highest BCUT2D eigenvalue weighted by Gasteiger charge is 2.41. The van der Waals surface area contributed by atoms with Crippen LogP contribution in [0.4, 0.5) is 13.2 Å². The molecule has 132 valence electrons. The standard InChI is InChI=1S/C16H14F3N3O2S/c17-16(18,19)14(23)9-6-25-13-5-20-12(4-8(9)13)15(24)22-11-3-7-1-2-10(11)21-7/h4-7,10-11,21H,1-3H2,(H,22,24)/t7-,10+,11-/m1/s1. The number of nitrogens with zero attached hydrogens (tertiary/aromatic N) is 1. The quantitative estimate of drug-likeness (QED) is 0.816. The van der Waals surface area contributed by atoms with Crippen LogP contribution in [0.15, 0.2) is 17.6 Å². The fraction of sp³-hybridized carbons (Fsp3) is 0.438. The van der Waals surface area contributed by atoms with Crippen LogP contribution in [0.5, 0.6) is 0 Å². The van der Waals surface area contributed by atoms with E-state index in [-0.39, 0.29) is 23.2 Å². The van der Waals surface area contributed by atoms with Gasteiger partial charge in [-0.2, -0.15) is 13.2 Å². The Hall–Kier alpha value is -2.00. The number of hydrogen-bond donors (Lipinski definition) is 2. The number of thiophene rings is 1. The van der Waals surface area contributed by atoms with Crippen LogP contribution in [0.25, 0.3) is 10.1 Å². The minimum absolute atomic E-state index is 0.00231. The first-order valence-corrected chi connectivity index (χ1v) is 8.76. The second-order valence-corrected chi connectivity index (χ2v) is 7.32. The number of hydrogen-bond acceptors (Lipinski definition) is 5. The lowest BCUT2D eigenvalue weighted by Crippen LogP contribution is -2.43. The van der Waals surface area contributed by atoms with E-state index in [9.17, 15) is 22.8 Å². The van der Waals surface area contributed by atoms with Crippen LogP contribution in [0, 0.1) is 0 Å². The van der Waals surface area contributed by atoms with Gasteiger partial charge in [-0.15, -0.1) is 11.3 Å². The highest BCUT2D eigenvalue weighted by Crippen LogP contribution is 2.32. The zero-order chi connectivity index (χ0) is 17.8. The van der Waals surface area contributed by atoms with Crippen molar-refractivity contribution in [2.45, 2.75) is 43.6 Å². The number of nitrogens with one attached hydrogen (secondary N) is 2. The summed E-state index contributed by atoms with van der Waals surface area (Å²) in [7, 11) is 0. The van der Waals surface area contributed by atoms with Crippen molar-refractivity contribution in [3.63, 3.8) is 0 Å². The number of ketones is 1. The van der Waals surface area contributed by atoms with Gasteiger partial charge in [-0.05, 0) is 25.3 Å². The van der Waals surface area contributed by atoms with Crippen molar-refractivity contribution in [1.29, 1.82) is 0 Å². The van der Waals surface area contributed by atoms with Crippen LogP contribution < -0.4 is 10.6 Å². The van der Waals surface area contributed by atoms with Gasteiger partial charge in [-0.1, -0.05) is 0 Å². The molecule has 3 atom stereocenters. The summed E-state index contributed by atoms with van der Waals surface area (Å²) in [5.41, 5.74) is -0.421. The van der Waals surface area contributed by atoms with Crippen molar-refractivity contribution in [3.8, 4) is 0 Å². The average molecular weight is 369 g/mol. The molecule has 0 saturated carbocycles. The summed E-state index contributed by atoms with van der Waals surface area (Å²) in [6.45, 7) is 0. The lowest BCUT2D eigenvalue weighted by atomic mass is 9.95. The molecule has 9 heteroatoms. The first-order valence-electron chi connectivity index (χ1n) is 7.88. The Kier molecular flexibility index (Phi) is 3.80. The molecule has 0 radical (unpaired) electrons. The molecule has 0 unspecified atom stereocenters. The van der Waals surface area contributed by atoms with Gasteiger partial charge in [-0.25, -0.2) is 4.98 Å². The van der Waals surface area contributed by atoms with Crippen molar-refractivity contribution in [1.82, 2.24) is 15.6 Å². The third-order valence-electron chi connectivity index (χ3n) is 4.81. The molecule has 2 bridgehead atoms. The first kappa shape index (κ1) is 16.5. The summed E-state index contributed by atoms with van der Waals surface area (Å²) in [5.74, 6) is -2.34. The third-order valence-corrected chi connectivity index (χ3v) is 5.75. The van der Waals surface area contributed by atoms with Crippen LogP contribution in [-0.4, -0.2) is 41.0 Å². The molecule has 1 amide bonds. The Balaban J connectivity index is 1.60. The molecular weight excluding hydrogens is 355 g/mol. The maximum atomic E-state index is 12.7. The predicted molar refractivity (Wildman–Crippen MR) is 85.8 cm³/mol. The molecule has 4 heterocycles. The minimum atomic E-state index is -4.95. The van der Waals surface area contributed by atoms with E-state index < -0.39 is 23.4 Å². The maximum Gasteiger partial charge on any atom is 0.454 e. The zero-order valence-corrected chi connectivity index (χ0v) is 13.7. The van der Waals surface area contributed by atoms with E-state index in [1.54, 1.807) is 0 Å². The number of rotatable bonds is 3. The van der Waals surface area contributed by atoms with Crippen molar-refractivity contribution in [2.75, 3.05) is 0 Å². The number of Topliss-reactive ketones (excluding diaryl/α,β-unsaturated/α-hetero) is 1. The lowest BCUT2D eigenvalue weighted by molar-refractivity contribution is -0.0883. The second-order valence-electron chi connectivity index (χ2n) is 6.41. The SMILES string of the molecule is O=C(N[C@@H]1C[C@H]2CC[C@@H]1N2)c1cc2c(C(=O)C(F)(F)F)csc2cn1. The molecule has 2 aromatic rings. The largest absolute Gasteiger partial charge is 0.454 e. The number of carbonyl (C=O) groups excluding carboxylic acids is 2. The first-order chi connectivity index (χ1) is 11.8. The minimum Gasteiger partial charge on any atom is -0.346 e. The summed E-state index contributed by atoms with van der Waals surface area (Å²) >= 11 is 0.996. The Labute approximate surface area is 144 Å². The van der Waals surface area contributed by atoms with Crippen molar-refractivity contribution >= 4 is 33.1 Å². The number of aromatic nitrogens is 1. The van der Waals surface area contributed by atoms with Gasteiger partial charge < -0.3 is 10.6 Å². The molecule has 0 aliphatic carbocycles. The number of amides is 1. The van der Waals surface area contributed by atoms with Gasteiger partial charge in [0, 0.05) is 40.7 Å². The maximum absolute atomic E-state index is 12.7. The van der Waals surface area contributed by atoms with Gasteiger partial charge in [0.15, 0.2) is 0 Å². The van der Waals surface area contributed by atoms with Gasteiger partial charge >= 0.3 is 6.18 Å². The van der Waals surface area contributed by atoms with E-state index in [0.29, 0.717) is 10.7 Å². The predicted octanol–water partition coefficient (Wildman–Crippen LogP) is 2.66. The molecule has 0 aromatic carbocycles. The molecule has 4 rings (SSSR count). The lowest BCUT2D eigenvalue weighted by Gasteiger charge is -2.21. The van der Waals surface area contributed by atoms with E-state index in [1.165, 1.54) is 12.3 Å². The number of fused-ring (bicyclic) bond motifs is 3. The number of halogens is 3. The Morgan fingerprint density at radius 1 is 1.32 bits per heavy atom. The number of alkyl halides is 3. The highest BCUT2D eigenvalue weighted by molar-refractivity contribution is 7.17. The van der Waals surface area contributed by atoms with Crippen LogP contribution >= 0.6 is 11.3 Å². The summed E-state index contributed by atoms with van der Waals surface area (Å²) in [4.78, 5) is 28.0. The third kappa shape index (κ3) is 2.91. The van der Waals surface area contributed by atoms with Gasteiger partial charge in [0.05, 0.1) is 4.70 Å². The Bertz CT molecular complexity index is 864. The smallest absolute Gasteiger partial charge is 0.346 e. The fourth-order valence-corrected chi connectivity index (χ4v) is 4.50. The number of pyridine rings is 1. The fourth-order valence-electron chi connectivity index (χ4n) is 3.61. The summed E-state index contributed by atoms with van der Waals surface area (Å²) in [6.07, 6.45) is -0.680. The molecule has 2 saturated heterocycles. The molecule has 2 aliphatic rings. The highest BCUT2D eigenvalue weighted by atomic mass is 32.1. The van der Waals surface area contributed by atoms with Crippen LogP contribution in [0.3, 0.4) is 0 Å². The summed E-state index contributed by atoms with van der Waals surface area (Å²) in [5, 5.41) is 7.56. The second kappa shape index (κ2) is 5.77. The summed E-state index contributed by atoms with van der Waals surface area (Å²) in [6, 6.07) is 1.92. The average Bonchev–Trinajstić information content (AvgIpc) is 3.27. The Morgan fingerprint density at radius 3 is 2.76 bits per heavy atom. The van der Waals surface area contributed by atoms with Gasteiger partial charge in [0.25, 0.3) is 11.7 Å². The monoisotopic (exact) mass is 369 g/mol. The van der Waals surface area contributed by atoms with E-state index in [1.807, 2.05) is 0 Å². The van der Waals surface area contributed by atoms with Crippen molar-refractivity contribution in [2.24, 2.45) is 0 Å². The molecule has 2 aromatic heterocycles. The molecule has 2 aliphatic heterocycles. The van der Waals surface area contributed by atoms with E-state index in [4.69, 9.17) is 0 Å². The molecule has 25 heavy (non-hydrogen) atoms. The molecule has 2 fully saturated rings. The van der Waals surface area contributed by atoms with Gasteiger partial charge in [-0.3, -0.25) is 9.59 Å². The molecule has 2 N–H and O–H groups in total. The number of carbonyl (C=O) groups is 2.